The fourth-order valence-electron chi connectivity index (χ4n) is 9.84. The average Bonchev–Trinajstić information content (AvgIpc) is 3.44. The molecule has 0 saturated heterocycles. The van der Waals surface area contributed by atoms with Gasteiger partial charge >= 0.3 is 17.9 Å². The van der Waals surface area contributed by atoms with E-state index in [1.807, 2.05) is 0 Å². The summed E-state index contributed by atoms with van der Waals surface area (Å²) in [6.07, 6.45) is 86.6. The fourth-order valence-corrected chi connectivity index (χ4v) is 9.84. The van der Waals surface area contributed by atoms with Gasteiger partial charge in [0.15, 0.2) is 6.10 Å². The molecule has 0 aliphatic carbocycles. The summed E-state index contributed by atoms with van der Waals surface area (Å²) in [5.41, 5.74) is 0. The van der Waals surface area contributed by atoms with E-state index < -0.39 is 6.10 Å². The van der Waals surface area contributed by atoms with Crippen LogP contribution in [0.3, 0.4) is 0 Å². The van der Waals surface area contributed by atoms with E-state index in [0.717, 1.165) is 109 Å². The molecule has 6 heteroatoms. The molecule has 0 aromatic rings. The van der Waals surface area contributed by atoms with Crippen LogP contribution in [0.1, 0.15) is 348 Å². The first-order valence-electron chi connectivity index (χ1n) is 33.9. The van der Waals surface area contributed by atoms with E-state index in [1.165, 1.54) is 199 Å². The molecule has 0 rings (SSSR count). The molecule has 0 fully saturated rings. The molecule has 1 unspecified atom stereocenters. The van der Waals surface area contributed by atoms with Crippen LogP contribution in [0.5, 0.6) is 0 Å². The number of allylic oxidation sites excluding steroid dienone is 12. The quantitative estimate of drug-likeness (QED) is 0.0261. The van der Waals surface area contributed by atoms with E-state index in [0.29, 0.717) is 19.3 Å². The summed E-state index contributed by atoms with van der Waals surface area (Å²) in [6.45, 7) is 6.51. The number of carbonyl (C=O) groups excluding carboxylic acids is 3. The minimum atomic E-state index is -0.787. The molecular formula is C72H128O6. The van der Waals surface area contributed by atoms with Crippen LogP contribution in [0.4, 0.5) is 0 Å². The van der Waals surface area contributed by atoms with Gasteiger partial charge in [0, 0.05) is 19.3 Å². The highest BCUT2D eigenvalue weighted by Gasteiger charge is 2.19. The maximum absolute atomic E-state index is 12.9. The third-order valence-corrected chi connectivity index (χ3v) is 14.9. The van der Waals surface area contributed by atoms with Crippen LogP contribution in [0, 0.1) is 0 Å². The van der Waals surface area contributed by atoms with Gasteiger partial charge in [-0.25, -0.2) is 0 Å². The molecule has 78 heavy (non-hydrogen) atoms. The number of rotatable bonds is 62. The summed E-state index contributed by atoms with van der Waals surface area (Å²) >= 11 is 0. The van der Waals surface area contributed by atoms with Gasteiger partial charge in [-0.15, -0.1) is 0 Å². The van der Waals surface area contributed by atoms with Crippen molar-refractivity contribution < 1.29 is 28.6 Å². The largest absolute Gasteiger partial charge is 0.462 e. The second-order valence-electron chi connectivity index (χ2n) is 22.7. The molecule has 452 valence electrons. The van der Waals surface area contributed by atoms with E-state index >= 15 is 0 Å². The minimum absolute atomic E-state index is 0.0820. The van der Waals surface area contributed by atoms with Gasteiger partial charge in [-0.05, 0) is 109 Å². The highest BCUT2D eigenvalue weighted by molar-refractivity contribution is 5.71. The molecular weight excluding hydrogens is 961 g/mol. The third kappa shape index (κ3) is 63.7. The Balaban J connectivity index is 4.10. The minimum Gasteiger partial charge on any atom is -0.462 e. The Labute approximate surface area is 484 Å². The Morgan fingerprint density at radius 3 is 0.821 bits per heavy atom. The van der Waals surface area contributed by atoms with Gasteiger partial charge in [-0.2, -0.15) is 0 Å². The van der Waals surface area contributed by atoms with E-state index in [2.05, 4.69) is 93.7 Å². The Bertz CT molecular complexity index is 1440. The molecule has 0 aromatic carbocycles. The van der Waals surface area contributed by atoms with Crippen molar-refractivity contribution in [2.24, 2.45) is 0 Å². The lowest BCUT2D eigenvalue weighted by atomic mass is 10.0. The normalized spacial score (nSPS) is 12.5. The van der Waals surface area contributed by atoms with Crippen LogP contribution in [-0.2, 0) is 28.6 Å². The molecule has 0 spiro atoms. The van der Waals surface area contributed by atoms with Crippen molar-refractivity contribution in [2.45, 2.75) is 354 Å². The molecule has 0 N–H and O–H groups in total. The topological polar surface area (TPSA) is 78.9 Å². The first-order valence-corrected chi connectivity index (χ1v) is 33.9. The number of carbonyl (C=O) groups is 3. The van der Waals surface area contributed by atoms with Gasteiger partial charge in [0.25, 0.3) is 0 Å². The van der Waals surface area contributed by atoms with Crippen LogP contribution < -0.4 is 0 Å². The van der Waals surface area contributed by atoms with Crippen molar-refractivity contribution >= 4 is 17.9 Å². The predicted octanol–water partition coefficient (Wildman–Crippen LogP) is 23.3. The SMILES string of the molecule is CC/C=C\C/C=C\C/C=C\CCCCCCCC(=O)OC(COC(=O)CCCCCCC/C=C\CCCCC)COC(=O)CCCCCCCCCCCCCCCCCCCCCCC/C=C\C/C=C\CCCCCCC. The van der Waals surface area contributed by atoms with Crippen molar-refractivity contribution in [1.29, 1.82) is 0 Å². The Morgan fingerprint density at radius 1 is 0.269 bits per heavy atom. The molecule has 0 aromatic heterocycles. The first-order chi connectivity index (χ1) is 38.5. The van der Waals surface area contributed by atoms with Crippen molar-refractivity contribution in [1.82, 2.24) is 0 Å². The number of esters is 3. The zero-order chi connectivity index (χ0) is 56.4. The lowest BCUT2D eigenvalue weighted by Gasteiger charge is -2.18. The number of ether oxygens (including phenoxy) is 3. The second kappa shape index (κ2) is 66.4. The molecule has 1 atom stereocenters. The lowest BCUT2D eigenvalue weighted by Crippen LogP contribution is -2.30. The second-order valence-corrected chi connectivity index (χ2v) is 22.7. The summed E-state index contributed by atoms with van der Waals surface area (Å²) in [5.74, 6) is -0.894. The maximum Gasteiger partial charge on any atom is 0.306 e. The van der Waals surface area contributed by atoms with E-state index in [1.54, 1.807) is 0 Å². The summed E-state index contributed by atoms with van der Waals surface area (Å²) in [7, 11) is 0. The zero-order valence-corrected chi connectivity index (χ0v) is 51.9. The standard InChI is InChI=1S/C72H128O6/c1-4-7-10-13-16-19-22-25-27-28-29-30-31-32-33-34-35-36-37-38-39-40-41-42-43-44-46-47-50-53-56-59-62-65-71(74)77-68-69(67-76-70(73)64-61-58-55-52-49-24-21-18-15-12-9-6-3)78-72(75)66-63-60-57-54-51-48-45-26-23-20-17-14-11-8-5-2/h8,11,17-18,20-22,25-26,28-29,45,69H,4-7,9-10,12-16,19,23-24,27,30-44,46-68H2,1-3H3/b11-8-,20-17-,21-18-,25-22-,29-28-,45-26-. The Morgan fingerprint density at radius 2 is 0.500 bits per heavy atom. The smallest absolute Gasteiger partial charge is 0.306 e. The predicted molar refractivity (Wildman–Crippen MR) is 339 cm³/mol. The highest BCUT2D eigenvalue weighted by atomic mass is 16.6. The molecule has 6 nitrogen and oxygen atoms in total. The summed E-state index contributed by atoms with van der Waals surface area (Å²) < 4.78 is 16.9. The van der Waals surface area contributed by atoms with Gasteiger partial charge in [0.05, 0.1) is 0 Å². The highest BCUT2D eigenvalue weighted by Crippen LogP contribution is 2.17. The monoisotopic (exact) mass is 1090 g/mol. The van der Waals surface area contributed by atoms with Gasteiger partial charge in [-0.1, -0.05) is 293 Å². The van der Waals surface area contributed by atoms with Crippen LogP contribution in [0.25, 0.3) is 0 Å². The van der Waals surface area contributed by atoms with Gasteiger partial charge in [0.2, 0.25) is 0 Å². The molecule has 0 aliphatic heterocycles. The molecule has 0 amide bonds. The first kappa shape index (κ1) is 74.8. The molecule has 0 saturated carbocycles. The Hall–Kier alpha value is -3.15. The van der Waals surface area contributed by atoms with Crippen LogP contribution in [0.15, 0.2) is 72.9 Å². The summed E-state index contributed by atoms with van der Waals surface area (Å²) in [6, 6.07) is 0. The van der Waals surface area contributed by atoms with Crippen LogP contribution >= 0.6 is 0 Å². The fraction of sp³-hybridized carbons (Fsp3) is 0.792. The van der Waals surface area contributed by atoms with Crippen molar-refractivity contribution in [3.63, 3.8) is 0 Å². The van der Waals surface area contributed by atoms with E-state index in [-0.39, 0.29) is 31.1 Å². The zero-order valence-electron chi connectivity index (χ0n) is 51.9. The van der Waals surface area contributed by atoms with Crippen molar-refractivity contribution in [3.05, 3.63) is 72.9 Å². The average molecular weight is 1090 g/mol. The van der Waals surface area contributed by atoms with Crippen LogP contribution in [0.2, 0.25) is 0 Å². The van der Waals surface area contributed by atoms with E-state index in [4.69, 9.17) is 14.2 Å². The molecule has 0 radical (unpaired) electrons. The van der Waals surface area contributed by atoms with Gasteiger partial charge in [-0.3, -0.25) is 14.4 Å². The molecule has 0 heterocycles. The molecule has 0 bridgehead atoms. The van der Waals surface area contributed by atoms with E-state index in [9.17, 15) is 14.4 Å². The Kier molecular flexibility index (Phi) is 63.7. The van der Waals surface area contributed by atoms with Crippen molar-refractivity contribution in [3.8, 4) is 0 Å². The lowest BCUT2D eigenvalue weighted by molar-refractivity contribution is -0.167. The third-order valence-electron chi connectivity index (χ3n) is 14.9. The number of hydrogen-bond acceptors (Lipinski definition) is 6. The number of hydrogen-bond donors (Lipinski definition) is 0. The van der Waals surface area contributed by atoms with Crippen molar-refractivity contribution in [2.75, 3.05) is 13.2 Å². The molecule has 0 aliphatic rings. The number of unbranched alkanes of at least 4 members (excludes halogenated alkanes) is 39. The van der Waals surface area contributed by atoms with Gasteiger partial charge < -0.3 is 14.2 Å². The van der Waals surface area contributed by atoms with Crippen LogP contribution in [-0.4, -0.2) is 37.2 Å². The summed E-state index contributed by atoms with van der Waals surface area (Å²) in [4.78, 5) is 38.2. The van der Waals surface area contributed by atoms with Gasteiger partial charge in [0.1, 0.15) is 13.2 Å². The summed E-state index contributed by atoms with van der Waals surface area (Å²) in [5, 5.41) is 0. The maximum atomic E-state index is 12.9.